The Bertz CT molecular complexity index is 567. The summed E-state index contributed by atoms with van der Waals surface area (Å²) in [4.78, 5) is 23.6. The SMILES string of the molecule is CC(C)CC(CNC(=O)C1(c2ccccc2F)CC1)C(=O)O. The molecule has 0 spiro atoms. The largest absolute Gasteiger partial charge is 0.481 e. The van der Waals surface area contributed by atoms with Crippen molar-refractivity contribution >= 4 is 11.9 Å². The number of aliphatic carboxylic acids is 1. The van der Waals surface area contributed by atoms with E-state index >= 15 is 0 Å². The van der Waals surface area contributed by atoms with Gasteiger partial charge in [-0.25, -0.2) is 4.39 Å². The Kier molecular flexibility index (Phi) is 4.84. The normalized spacial score (nSPS) is 17.1. The summed E-state index contributed by atoms with van der Waals surface area (Å²) in [6.07, 6.45) is 1.70. The molecule has 1 saturated carbocycles. The van der Waals surface area contributed by atoms with Crippen LogP contribution in [0.25, 0.3) is 0 Å². The number of nitrogens with one attached hydrogen (secondary N) is 1. The molecule has 5 heteroatoms. The van der Waals surface area contributed by atoms with Gasteiger partial charge in [0.1, 0.15) is 5.82 Å². The zero-order valence-corrected chi connectivity index (χ0v) is 12.9. The monoisotopic (exact) mass is 307 g/mol. The van der Waals surface area contributed by atoms with Gasteiger partial charge in [-0.3, -0.25) is 9.59 Å². The molecule has 0 heterocycles. The van der Waals surface area contributed by atoms with E-state index in [1.165, 1.54) is 6.07 Å². The predicted octanol–water partition coefficient (Wildman–Crippen LogP) is 2.72. The lowest BCUT2D eigenvalue weighted by molar-refractivity contribution is -0.142. The third-order valence-electron chi connectivity index (χ3n) is 4.19. The highest BCUT2D eigenvalue weighted by Gasteiger charge is 2.52. The Labute approximate surface area is 129 Å². The van der Waals surface area contributed by atoms with E-state index in [1.54, 1.807) is 18.2 Å². The van der Waals surface area contributed by atoms with Gasteiger partial charge in [0, 0.05) is 12.1 Å². The van der Waals surface area contributed by atoms with Gasteiger partial charge in [0.05, 0.1) is 11.3 Å². The maximum absolute atomic E-state index is 13.9. The summed E-state index contributed by atoms with van der Waals surface area (Å²) >= 11 is 0. The molecule has 1 unspecified atom stereocenters. The van der Waals surface area contributed by atoms with Crippen LogP contribution in [0.1, 0.15) is 38.7 Å². The van der Waals surface area contributed by atoms with Gasteiger partial charge in [-0.15, -0.1) is 0 Å². The molecule has 120 valence electrons. The van der Waals surface area contributed by atoms with E-state index in [4.69, 9.17) is 0 Å². The van der Waals surface area contributed by atoms with Gasteiger partial charge >= 0.3 is 5.97 Å². The van der Waals surface area contributed by atoms with Gasteiger partial charge in [-0.05, 0) is 31.2 Å². The molecule has 2 rings (SSSR count). The smallest absolute Gasteiger partial charge is 0.308 e. The highest BCUT2D eigenvalue weighted by Crippen LogP contribution is 2.49. The number of amides is 1. The van der Waals surface area contributed by atoms with Crippen LogP contribution in [0, 0.1) is 17.7 Å². The third kappa shape index (κ3) is 3.46. The van der Waals surface area contributed by atoms with E-state index in [0.717, 1.165) is 0 Å². The van der Waals surface area contributed by atoms with Gasteiger partial charge in [0.2, 0.25) is 5.91 Å². The number of halogens is 1. The van der Waals surface area contributed by atoms with E-state index in [1.807, 2.05) is 13.8 Å². The molecule has 22 heavy (non-hydrogen) atoms. The number of carbonyl (C=O) groups excluding carboxylic acids is 1. The first-order chi connectivity index (χ1) is 10.4. The number of rotatable bonds is 7. The Morgan fingerprint density at radius 1 is 1.32 bits per heavy atom. The maximum Gasteiger partial charge on any atom is 0.308 e. The molecule has 1 atom stereocenters. The predicted molar refractivity (Wildman–Crippen MR) is 80.9 cm³/mol. The standard InChI is InChI=1S/C17H22FNO3/c1-11(2)9-12(15(20)21)10-19-16(22)17(7-8-17)13-5-3-4-6-14(13)18/h3-6,11-12H,7-10H2,1-2H3,(H,19,22)(H,20,21). The molecule has 0 saturated heterocycles. The lowest BCUT2D eigenvalue weighted by atomic mass is 9.93. The van der Waals surface area contributed by atoms with Crippen LogP contribution < -0.4 is 5.32 Å². The average molecular weight is 307 g/mol. The first-order valence-corrected chi connectivity index (χ1v) is 7.63. The van der Waals surface area contributed by atoms with E-state index in [2.05, 4.69) is 5.32 Å². The maximum atomic E-state index is 13.9. The zero-order chi connectivity index (χ0) is 16.3. The number of hydrogen-bond donors (Lipinski definition) is 2. The first-order valence-electron chi connectivity index (χ1n) is 7.63. The summed E-state index contributed by atoms with van der Waals surface area (Å²) in [5.41, 5.74) is -0.407. The minimum atomic E-state index is -0.912. The van der Waals surface area contributed by atoms with E-state index in [0.29, 0.717) is 24.8 Å². The van der Waals surface area contributed by atoms with Gasteiger partial charge in [0.15, 0.2) is 0 Å². The fraction of sp³-hybridized carbons (Fsp3) is 0.529. The Morgan fingerprint density at radius 2 is 1.95 bits per heavy atom. The van der Waals surface area contributed by atoms with Crippen LogP contribution in [-0.4, -0.2) is 23.5 Å². The highest BCUT2D eigenvalue weighted by molar-refractivity contribution is 5.91. The van der Waals surface area contributed by atoms with Crippen molar-refractivity contribution < 1.29 is 19.1 Å². The molecule has 0 bridgehead atoms. The van der Waals surface area contributed by atoms with Crippen LogP contribution in [-0.2, 0) is 15.0 Å². The number of carbonyl (C=O) groups is 2. The Hall–Kier alpha value is -1.91. The van der Waals surface area contributed by atoms with Crippen molar-refractivity contribution in [2.45, 2.75) is 38.5 Å². The lowest BCUT2D eigenvalue weighted by Crippen LogP contribution is -2.40. The van der Waals surface area contributed by atoms with Crippen LogP contribution in [0.3, 0.4) is 0 Å². The summed E-state index contributed by atoms with van der Waals surface area (Å²) in [7, 11) is 0. The molecule has 1 fully saturated rings. The Balaban J connectivity index is 2.03. The summed E-state index contributed by atoms with van der Waals surface area (Å²) in [5.74, 6) is -1.94. The molecule has 2 N–H and O–H groups in total. The average Bonchev–Trinajstić information content (AvgIpc) is 3.24. The van der Waals surface area contributed by atoms with Crippen molar-refractivity contribution in [3.8, 4) is 0 Å². The van der Waals surface area contributed by atoms with Gasteiger partial charge in [-0.2, -0.15) is 0 Å². The van der Waals surface area contributed by atoms with E-state index in [-0.39, 0.29) is 24.2 Å². The zero-order valence-electron chi connectivity index (χ0n) is 12.9. The van der Waals surface area contributed by atoms with E-state index in [9.17, 15) is 19.1 Å². The molecule has 0 aliphatic heterocycles. The fourth-order valence-electron chi connectivity index (χ4n) is 2.82. The molecule has 1 aliphatic rings. The lowest BCUT2D eigenvalue weighted by Gasteiger charge is -2.19. The van der Waals surface area contributed by atoms with Crippen LogP contribution in [0.2, 0.25) is 0 Å². The van der Waals surface area contributed by atoms with Crippen molar-refractivity contribution in [3.63, 3.8) is 0 Å². The molecular formula is C17H22FNO3. The van der Waals surface area contributed by atoms with Crippen molar-refractivity contribution in [2.75, 3.05) is 6.54 Å². The van der Waals surface area contributed by atoms with Crippen LogP contribution in [0.5, 0.6) is 0 Å². The quantitative estimate of drug-likeness (QED) is 0.814. The summed E-state index contributed by atoms with van der Waals surface area (Å²) < 4.78 is 13.9. The van der Waals surface area contributed by atoms with Crippen molar-refractivity contribution in [3.05, 3.63) is 35.6 Å². The number of carboxylic acids is 1. The van der Waals surface area contributed by atoms with Crippen molar-refractivity contribution in [2.24, 2.45) is 11.8 Å². The number of benzene rings is 1. The summed E-state index contributed by atoms with van der Waals surface area (Å²) in [6.45, 7) is 3.97. The van der Waals surface area contributed by atoms with Crippen molar-refractivity contribution in [1.29, 1.82) is 0 Å². The minimum absolute atomic E-state index is 0.0859. The summed E-state index contributed by atoms with van der Waals surface area (Å²) in [6, 6.07) is 6.28. The molecule has 1 aliphatic carbocycles. The van der Waals surface area contributed by atoms with Gasteiger partial charge < -0.3 is 10.4 Å². The van der Waals surface area contributed by atoms with Crippen LogP contribution in [0.15, 0.2) is 24.3 Å². The number of hydrogen-bond acceptors (Lipinski definition) is 2. The molecule has 1 amide bonds. The van der Waals surface area contributed by atoms with E-state index < -0.39 is 17.3 Å². The summed E-state index contributed by atoms with van der Waals surface area (Å²) in [5, 5.41) is 11.9. The van der Waals surface area contributed by atoms with Gasteiger partial charge in [-0.1, -0.05) is 32.0 Å². The third-order valence-corrected chi connectivity index (χ3v) is 4.19. The van der Waals surface area contributed by atoms with Crippen LogP contribution in [0.4, 0.5) is 4.39 Å². The number of carboxylic acid groups (broad SMARTS) is 1. The second kappa shape index (κ2) is 6.46. The highest BCUT2D eigenvalue weighted by atomic mass is 19.1. The molecule has 4 nitrogen and oxygen atoms in total. The second-order valence-corrected chi connectivity index (χ2v) is 6.44. The second-order valence-electron chi connectivity index (χ2n) is 6.44. The molecule has 1 aromatic carbocycles. The van der Waals surface area contributed by atoms with Gasteiger partial charge in [0.25, 0.3) is 0 Å². The first kappa shape index (κ1) is 16.5. The fourth-order valence-corrected chi connectivity index (χ4v) is 2.82. The molecular weight excluding hydrogens is 285 g/mol. The molecule has 0 aromatic heterocycles. The van der Waals surface area contributed by atoms with Crippen molar-refractivity contribution in [1.82, 2.24) is 5.32 Å². The molecule has 0 radical (unpaired) electrons. The Morgan fingerprint density at radius 3 is 2.45 bits per heavy atom. The topological polar surface area (TPSA) is 66.4 Å². The molecule has 1 aromatic rings. The van der Waals surface area contributed by atoms with Crippen LogP contribution >= 0.6 is 0 Å². The minimum Gasteiger partial charge on any atom is -0.481 e.